The first kappa shape index (κ1) is 23.0. The van der Waals surface area contributed by atoms with Gasteiger partial charge < -0.3 is 5.32 Å². The van der Waals surface area contributed by atoms with Crippen LogP contribution in [0.4, 0.5) is 26.3 Å². The zero-order valence-electron chi connectivity index (χ0n) is 15.5. The van der Waals surface area contributed by atoms with Gasteiger partial charge in [0.25, 0.3) is 5.91 Å². The van der Waals surface area contributed by atoms with Crippen molar-refractivity contribution < 1.29 is 31.1 Å². The summed E-state index contributed by atoms with van der Waals surface area (Å²) in [7, 11) is 0. The lowest BCUT2D eigenvalue weighted by atomic mass is 9.97. The van der Waals surface area contributed by atoms with E-state index >= 15 is 0 Å². The molecule has 0 aliphatic carbocycles. The van der Waals surface area contributed by atoms with Gasteiger partial charge in [-0.25, -0.2) is 0 Å². The van der Waals surface area contributed by atoms with E-state index in [1.807, 2.05) is 22.6 Å². The molecule has 0 unspecified atom stereocenters. The number of hydrogen-bond acceptors (Lipinski definition) is 2. The second-order valence-electron chi connectivity index (χ2n) is 6.42. The fourth-order valence-corrected chi connectivity index (χ4v) is 3.57. The van der Waals surface area contributed by atoms with Crippen LogP contribution in [0.2, 0.25) is 0 Å². The largest absolute Gasteiger partial charge is 0.418 e. The lowest BCUT2D eigenvalue weighted by Crippen LogP contribution is -2.26. The van der Waals surface area contributed by atoms with Crippen molar-refractivity contribution in [3.05, 3.63) is 86.7 Å². The Hall–Kier alpha value is -2.63. The molecule has 3 aromatic rings. The first-order valence-corrected chi connectivity index (χ1v) is 9.82. The number of carbonyl (C=O) groups is 1. The molecule has 3 rings (SSSR count). The van der Waals surface area contributed by atoms with Crippen LogP contribution in [-0.2, 0) is 18.9 Å². The van der Waals surface area contributed by atoms with Crippen LogP contribution in [0.1, 0.15) is 27.2 Å². The van der Waals surface area contributed by atoms with Crippen LogP contribution in [0.3, 0.4) is 0 Å². The third-order valence-corrected chi connectivity index (χ3v) is 5.31. The van der Waals surface area contributed by atoms with Gasteiger partial charge in [0.2, 0.25) is 0 Å². The first-order chi connectivity index (χ1) is 14.5. The summed E-state index contributed by atoms with van der Waals surface area (Å²) in [5, 5.41) is 2.42. The highest BCUT2D eigenvalue weighted by Crippen LogP contribution is 2.39. The molecule has 0 aliphatic heterocycles. The Morgan fingerprint density at radius 3 is 2.13 bits per heavy atom. The van der Waals surface area contributed by atoms with Crippen LogP contribution in [-0.4, -0.2) is 10.9 Å². The number of aromatic nitrogens is 1. The summed E-state index contributed by atoms with van der Waals surface area (Å²) >= 11 is 1.93. The Morgan fingerprint density at radius 2 is 1.55 bits per heavy atom. The molecule has 0 aliphatic rings. The van der Waals surface area contributed by atoms with Crippen LogP contribution in [0.5, 0.6) is 0 Å². The molecular formula is C21H13F6IN2O. The molecule has 0 fully saturated rings. The normalized spacial score (nSPS) is 12.0. The molecule has 0 radical (unpaired) electrons. The van der Waals surface area contributed by atoms with Crippen LogP contribution in [0.25, 0.3) is 11.1 Å². The highest BCUT2D eigenvalue weighted by molar-refractivity contribution is 14.1. The molecule has 0 saturated carbocycles. The van der Waals surface area contributed by atoms with Crippen molar-refractivity contribution >= 4 is 28.5 Å². The van der Waals surface area contributed by atoms with Gasteiger partial charge in [-0.15, -0.1) is 0 Å². The summed E-state index contributed by atoms with van der Waals surface area (Å²) < 4.78 is 80.5. The van der Waals surface area contributed by atoms with Crippen molar-refractivity contribution in [2.75, 3.05) is 0 Å². The number of carbonyl (C=O) groups excluding carboxylic acids is 1. The Labute approximate surface area is 186 Å². The van der Waals surface area contributed by atoms with E-state index in [1.54, 1.807) is 18.2 Å². The van der Waals surface area contributed by atoms with Gasteiger partial charge in [-0.1, -0.05) is 24.3 Å². The Kier molecular flexibility index (Phi) is 6.58. The maximum absolute atomic E-state index is 13.8. The topological polar surface area (TPSA) is 42.0 Å². The highest BCUT2D eigenvalue weighted by Gasteiger charge is 2.37. The van der Waals surface area contributed by atoms with Crippen molar-refractivity contribution in [2.24, 2.45) is 0 Å². The number of pyridine rings is 1. The van der Waals surface area contributed by atoms with Gasteiger partial charge in [-0.05, 0) is 64.0 Å². The minimum atomic E-state index is -4.84. The molecule has 1 N–H and O–H groups in total. The van der Waals surface area contributed by atoms with Crippen molar-refractivity contribution in [1.82, 2.24) is 10.3 Å². The van der Waals surface area contributed by atoms with Crippen LogP contribution in [0, 0.1) is 3.57 Å². The number of halogens is 7. The van der Waals surface area contributed by atoms with Gasteiger partial charge in [0, 0.05) is 9.77 Å². The van der Waals surface area contributed by atoms with E-state index < -0.39 is 41.6 Å². The lowest BCUT2D eigenvalue weighted by molar-refractivity contribution is -0.138. The van der Waals surface area contributed by atoms with Crippen molar-refractivity contribution in [3.63, 3.8) is 0 Å². The second kappa shape index (κ2) is 8.85. The summed E-state index contributed by atoms with van der Waals surface area (Å²) in [6.45, 7) is -0.507. The monoisotopic (exact) mass is 550 g/mol. The Morgan fingerprint density at radius 1 is 0.903 bits per heavy atom. The molecular weight excluding hydrogens is 537 g/mol. The zero-order valence-corrected chi connectivity index (χ0v) is 17.6. The molecule has 0 bridgehead atoms. The fourth-order valence-electron chi connectivity index (χ4n) is 2.94. The molecule has 10 heteroatoms. The second-order valence-corrected chi connectivity index (χ2v) is 7.58. The maximum Gasteiger partial charge on any atom is 0.418 e. The molecule has 31 heavy (non-hydrogen) atoms. The number of amides is 1. The van der Waals surface area contributed by atoms with Crippen molar-refractivity contribution in [3.8, 4) is 11.1 Å². The quantitative estimate of drug-likeness (QED) is 0.305. The predicted octanol–water partition coefficient (Wildman–Crippen LogP) is 6.32. The number of nitrogens with zero attached hydrogens (tertiary/aromatic N) is 1. The number of benzene rings is 2. The summed E-state index contributed by atoms with van der Waals surface area (Å²) in [6.07, 6.45) is -8.32. The SMILES string of the molecule is O=C(NCc1nccc(-c2ccc(C(F)(F)F)cc2)c1C(F)(F)F)c1ccccc1I. The van der Waals surface area contributed by atoms with Crippen LogP contribution in [0.15, 0.2) is 60.8 Å². The third kappa shape index (κ3) is 5.35. The molecule has 1 amide bonds. The van der Waals surface area contributed by atoms with Gasteiger partial charge in [-0.2, -0.15) is 26.3 Å². The summed E-state index contributed by atoms with van der Waals surface area (Å²) in [5.41, 5.74) is -2.59. The van der Waals surface area contributed by atoms with Gasteiger partial charge in [-0.3, -0.25) is 9.78 Å². The van der Waals surface area contributed by atoms with E-state index in [1.165, 1.54) is 6.07 Å². The standard InChI is InChI=1S/C21H13F6IN2O/c22-20(23,24)13-7-5-12(6-8-13)14-9-10-29-17(18(14)21(25,26)27)11-30-19(31)15-3-1-2-4-16(15)28/h1-10H,11H2,(H,30,31). The Bertz CT molecular complexity index is 1090. The highest BCUT2D eigenvalue weighted by atomic mass is 127. The molecule has 0 spiro atoms. The van der Waals surface area contributed by atoms with Crippen LogP contribution < -0.4 is 5.32 Å². The van der Waals surface area contributed by atoms with Gasteiger partial charge in [0.05, 0.1) is 28.9 Å². The molecule has 162 valence electrons. The zero-order chi connectivity index (χ0) is 22.8. The average Bonchev–Trinajstić information content (AvgIpc) is 2.71. The van der Waals surface area contributed by atoms with Crippen molar-refractivity contribution in [2.45, 2.75) is 18.9 Å². The van der Waals surface area contributed by atoms with E-state index in [4.69, 9.17) is 0 Å². The summed E-state index contributed by atoms with van der Waals surface area (Å²) in [5.74, 6) is -0.570. The van der Waals surface area contributed by atoms with E-state index in [-0.39, 0.29) is 11.1 Å². The maximum atomic E-state index is 13.8. The molecule has 1 heterocycles. The van der Waals surface area contributed by atoms with Crippen LogP contribution >= 0.6 is 22.6 Å². The van der Waals surface area contributed by atoms with E-state index in [2.05, 4.69) is 10.3 Å². The third-order valence-electron chi connectivity index (χ3n) is 4.37. The molecule has 3 nitrogen and oxygen atoms in total. The van der Waals surface area contributed by atoms with Gasteiger partial charge >= 0.3 is 12.4 Å². The van der Waals surface area contributed by atoms with E-state index in [0.29, 0.717) is 21.3 Å². The van der Waals surface area contributed by atoms with Crippen molar-refractivity contribution in [1.29, 1.82) is 0 Å². The summed E-state index contributed by atoms with van der Waals surface area (Å²) in [4.78, 5) is 16.1. The summed E-state index contributed by atoms with van der Waals surface area (Å²) in [6, 6.07) is 11.0. The fraction of sp³-hybridized carbons (Fsp3) is 0.143. The average molecular weight is 550 g/mol. The molecule has 0 atom stereocenters. The number of nitrogens with one attached hydrogen (secondary N) is 1. The number of hydrogen-bond donors (Lipinski definition) is 1. The predicted molar refractivity (Wildman–Crippen MR) is 110 cm³/mol. The Balaban J connectivity index is 1.95. The molecule has 1 aromatic heterocycles. The molecule has 0 saturated heterocycles. The minimum absolute atomic E-state index is 0.0482. The van der Waals surface area contributed by atoms with Gasteiger partial charge in [0.1, 0.15) is 0 Å². The molecule has 2 aromatic carbocycles. The van der Waals surface area contributed by atoms with Gasteiger partial charge in [0.15, 0.2) is 0 Å². The number of alkyl halides is 6. The van der Waals surface area contributed by atoms with E-state index in [0.717, 1.165) is 24.4 Å². The minimum Gasteiger partial charge on any atom is -0.346 e. The van der Waals surface area contributed by atoms with E-state index in [9.17, 15) is 31.1 Å². The smallest absolute Gasteiger partial charge is 0.346 e. The number of rotatable bonds is 4. The first-order valence-electron chi connectivity index (χ1n) is 8.74. The lowest BCUT2D eigenvalue weighted by Gasteiger charge is -2.18.